The minimum absolute atomic E-state index is 0.00382. The van der Waals surface area contributed by atoms with Gasteiger partial charge in [-0.25, -0.2) is 4.98 Å². The lowest BCUT2D eigenvalue weighted by Crippen LogP contribution is -2.26. The van der Waals surface area contributed by atoms with E-state index in [0.29, 0.717) is 23.3 Å². The van der Waals surface area contributed by atoms with Crippen LogP contribution in [0.15, 0.2) is 65.8 Å². The van der Waals surface area contributed by atoms with Crippen molar-refractivity contribution in [3.63, 3.8) is 0 Å². The average molecular weight is 352 g/mol. The zero-order valence-corrected chi connectivity index (χ0v) is 14.6. The molecule has 25 heavy (non-hydrogen) atoms. The maximum Gasteiger partial charge on any atom is 0.230 e. The lowest BCUT2D eigenvalue weighted by molar-refractivity contribution is -0.118. The summed E-state index contributed by atoms with van der Waals surface area (Å²) >= 11 is 1.33. The van der Waals surface area contributed by atoms with E-state index in [0.717, 1.165) is 18.4 Å². The number of thioether (sulfide) groups is 1. The Bertz CT molecular complexity index is 789. The molecule has 0 fully saturated rings. The van der Waals surface area contributed by atoms with Crippen molar-refractivity contribution in [2.45, 2.75) is 18.0 Å². The highest BCUT2D eigenvalue weighted by Gasteiger charge is 2.08. The molecule has 128 valence electrons. The van der Waals surface area contributed by atoms with Gasteiger partial charge in [-0.2, -0.15) is 0 Å². The van der Waals surface area contributed by atoms with Crippen LogP contribution in [-0.2, 0) is 11.2 Å². The van der Waals surface area contributed by atoms with E-state index in [1.165, 1.54) is 17.3 Å². The van der Waals surface area contributed by atoms with Gasteiger partial charge in [-0.3, -0.25) is 9.89 Å². The fourth-order valence-electron chi connectivity index (χ4n) is 2.38. The van der Waals surface area contributed by atoms with E-state index in [4.69, 9.17) is 0 Å². The Morgan fingerprint density at radius 2 is 1.76 bits per heavy atom. The number of rotatable bonds is 8. The molecule has 1 heterocycles. The molecule has 0 aliphatic heterocycles. The van der Waals surface area contributed by atoms with Crippen molar-refractivity contribution in [1.29, 1.82) is 0 Å². The van der Waals surface area contributed by atoms with Crippen LogP contribution in [0.2, 0.25) is 0 Å². The number of H-pyrrole nitrogens is 1. The summed E-state index contributed by atoms with van der Waals surface area (Å²) in [6.07, 6.45) is 1.90. The monoisotopic (exact) mass is 352 g/mol. The Morgan fingerprint density at radius 1 is 1.04 bits per heavy atom. The van der Waals surface area contributed by atoms with Crippen molar-refractivity contribution in [1.82, 2.24) is 20.5 Å². The van der Waals surface area contributed by atoms with Crippen molar-refractivity contribution in [3.8, 4) is 11.4 Å². The fraction of sp³-hybridized carbons (Fsp3) is 0.211. The lowest BCUT2D eigenvalue weighted by atomic mass is 10.1. The van der Waals surface area contributed by atoms with Crippen LogP contribution < -0.4 is 5.32 Å². The van der Waals surface area contributed by atoms with Gasteiger partial charge in [0.2, 0.25) is 11.1 Å². The van der Waals surface area contributed by atoms with Crippen LogP contribution in [0.5, 0.6) is 0 Å². The molecule has 0 radical (unpaired) electrons. The van der Waals surface area contributed by atoms with E-state index in [-0.39, 0.29) is 5.91 Å². The van der Waals surface area contributed by atoms with Crippen molar-refractivity contribution in [2.24, 2.45) is 0 Å². The lowest BCUT2D eigenvalue weighted by Gasteiger charge is -2.04. The topological polar surface area (TPSA) is 70.7 Å². The van der Waals surface area contributed by atoms with E-state index >= 15 is 0 Å². The molecule has 1 amide bonds. The number of hydrogen-bond acceptors (Lipinski definition) is 4. The average Bonchev–Trinajstić information content (AvgIpc) is 3.14. The second-order valence-corrected chi connectivity index (χ2v) is 6.50. The first-order valence-electron chi connectivity index (χ1n) is 8.22. The molecule has 0 aliphatic carbocycles. The molecule has 0 saturated carbocycles. The molecule has 3 rings (SSSR count). The summed E-state index contributed by atoms with van der Waals surface area (Å²) in [7, 11) is 0. The van der Waals surface area contributed by atoms with Crippen LogP contribution >= 0.6 is 11.8 Å². The Kier molecular flexibility index (Phi) is 6.23. The van der Waals surface area contributed by atoms with Crippen LogP contribution in [0.3, 0.4) is 0 Å². The second-order valence-electron chi connectivity index (χ2n) is 5.56. The number of aromatic nitrogens is 3. The van der Waals surface area contributed by atoms with Gasteiger partial charge in [0.05, 0.1) is 5.75 Å². The van der Waals surface area contributed by atoms with E-state index in [9.17, 15) is 4.79 Å². The van der Waals surface area contributed by atoms with Crippen LogP contribution in [0.1, 0.15) is 12.0 Å². The molecule has 1 aromatic heterocycles. The van der Waals surface area contributed by atoms with Crippen molar-refractivity contribution in [2.75, 3.05) is 12.3 Å². The zero-order chi connectivity index (χ0) is 17.3. The highest BCUT2D eigenvalue weighted by molar-refractivity contribution is 7.99. The quantitative estimate of drug-likeness (QED) is 0.482. The van der Waals surface area contributed by atoms with Crippen LogP contribution in [0.4, 0.5) is 0 Å². The number of nitrogens with zero attached hydrogens (tertiary/aromatic N) is 2. The van der Waals surface area contributed by atoms with Crippen LogP contribution in [0, 0.1) is 0 Å². The van der Waals surface area contributed by atoms with Crippen LogP contribution in [-0.4, -0.2) is 33.4 Å². The molecule has 3 aromatic rings. The molecule has 0 unspecified atom stereocenters. The van der Waals surface area contributed by atoms with E-state index < -0.39 is 0 Å². The second kappa shape index (κ2) is 9.03. The number of nitrogens with one attached hydrogen (secondary N) is 2. The first kappa shape index (κ1) is 17.2. The summed E-state index contributed by atoms with van der Waals surface area (Å²) in [6, 6.07) is 20.1. The smallest absolute Gasteiger partial charge is 0.230 e. The van der Waals surface area contributed by atoms with Gasteiger partial charge in [-0.1, -0.05) is 72.4 Å². The molecule has 2 aromatic carbocycles. The zero-order valence-electron chi connectivity index (χ0n) is 13.8. The minimum Gasteiger partial charge on any atom is -0.355 e. The summed E-state index contributed by atoms with van der Waals surface area (Å²) in [5.41, 5.74) is 2.27. The van der Waals surface area contributed by atoms with Gasteiger partial charge < -0.3 is 5.32 Å². The predicted molar refractivity (Wildman–Crippen MR) is 100 cm³/mol. The van der Waals surface area contributed by atoms with Crippen molar-refractivity contribution in [3.05, 3.63) is 66.2 Å². The van der Waals surface area contributed by atoms with E-state index in [1.54, 1.807) is 0 Å². The fourth-order valence-corrected chi connectivity index (χ4v) is 3.01. The number of carbonyl (C=O) groups is 1. The molecule has 0 aliphatic rings. The highest BCUT2D eigenvalue weighted by Crippen LogP contribution is 2.18. The first-order valence-corrected chi connectivity index (χ1v) is 9.21. The molecule has 5 nitrogen and oxygen atoms in total. The number of benzene rings is 2. The SMILES string of the molecule is O=C(CSc1n[nH]c(-c2ccccc2)n1)NCCCc1ccccc1. The molecule has 6 heteroatoms. The van der Waals surface area contributed by atoms with Gasteiger partial charge in [0.1, 0.15) is 0 Å². The normalized spacial score (nSPS) is 10.6. The molecular formula is C19H20N4OS. The molecule has 0 spiro atoms. The van der Waals surface area contributed by atoms with Gasteiger partial charge in [0.15, 0.2) is 5.82 Å². The van der Waals surface area contributed by atoms with Gasteiger partial charge in [-0.15, -0.1) is 5.10 Å². The Balaban J connectivity index is 1.37. The maximum absolute atomic E-state index is 11.9. The number of carbonyl (C=O) groups excluding carboxylic acids is 1. The van der Waals surface area contributed by atoms with E-state index in [2.05, 4.69) is 32.6 Å². The summed E-state index contributed by atoms with van der Waals surface area (Å²) in [5, 5.41) is 10.6. The number of aryl methyl sites for hydroxylation is 1. The minimum atomic E-state index is 0.00382. The molecular weight excluding hydrogens is 332 g/mol. The predicted octanol–water partition coefficient (Wildman–Crippen LogP) is 3.31. The third kappa shape index (κ3) is 5.46. The van der Waals surface area contributed by atoms with E-state index in [1.807, 2.05) is 48.5 Å². The van der Waals surface area contributed by atoms with Crippen molar-refractivity contribution >= 4 is 17.7 Å². The van der Waals surface area contributed by atoms with Gasteiger partial charge in [0, 0.05) is 12.1 Å². The maximum atomic E-state index is 11.9. The molecule has 0 atom stereocenters. The Morgan fingerprint density at radius 3 is 2.52 bits per heavy atom. The molecule has 0 saturated heterocycles. The number of amides is 1. The standard InChI is InChI=1S/C19H20N4OS/c24-17(20-13-7-10-15-8-3-1-4-9-15)14-25-19-21-18(22-23-19)16-11-5-2-6-12-16/h1-6,8-9,11-12H,7,10,13-14H2,(H,20,24)(H,21,22,23). The van der Waals surface area contributed by atoms with Gasteiger partial charge >= 0.3 is 0 Å². The Hall–Kier alpha value is -2.60. The summed E-state index contributed by atoms with van der Waals surface area (Å²) in [5.74, 6) is 1.03. The number of hydrogen-bond donors (Lipinski definition) is 2. The Labute approximate surface area is 151 Å². The molecule has 0 bridgehead atoms. The summed E-state index contributed by atoms with van der Waals surface area (Å²) in [4.78, 5) is 16.3. The third-order valence-corrected chi connectivity index (χ3v) is 4.50. The highest BCUT2D eigenvalue weighted by atomic mass is 32.2. The van der Waals surface area contributed by atoms with Crippen molar-refractivity contribution < 1.29 is 4.79 Å². The largest absolute Gasteiger partial charge is 0.355 e. The molecule has 2 N–H and O–H groups in total. The third-order valence-electron chi connectivity index (χ3n) is 3.65. The van der Waals surface area contributed by atoms with Gasteiger partial charge in [0.25, 0.3) is 0 Å². The van der Waals surface area contributed by atoms with Crippen LogP contribution in [0.25, 0.3) is 11.4 Å². The first-order chi connectivity index (χ1) is 12.3. The van der Waals surface area contributed by atoms with Gasteiger partial charge in [-0.05, 0) is 18.4 Å². The summed E-state index contributed by atoms with van der Waals surface area (Å²) < 4.78 is 0. The summed E-state index contributed by atoms with van der Waals surface area (Å²) in [6.45, 7) is 0.678. The number of aromatic amines is 1.